The van der Waals surface area contributed by atoms with Gasteiger partial charge in [-0.05, 0) is 6.92 Å². The van der Waals surface area contributed by atoms with E-state index in [-0.39, 0.29) is 12.6 Å². The van der Waals surface area contributed by atoms with Gasteiger partial charge in [-0.3, -0.25) is 0 Å². The van der Waals surface area contributed by atoms with Gasteiger partial charge in [0.2, 0.25) is 0 Å². The molecule has 0 fully saturated rings. The van der Waals surface area contributed by atoms with E-state index in [1.54, 1.807) is 6.92 Å². The summed E-state index contributed by atoms with van der Waals surface area (Å²) in [5, 5.41) is 2.51. The van der Waals surface area contributed by atoms with E-state index in [4.69, 9.17) is 5.73 Å². The average Bonchev–Trinajstić information content (AvgIpc) is 1.63. The van der Waals surface area contributed by atoms with Crippen molar-refractivity contribution in [3.8, 4) is 0 Å². The standard InChI is InChI=1S/C5H12F2N2/c1-4(8)2-9-3-5(6)7/h4-5,9H,2-3,8H2,1H3. The second kappa shape index (κ2) is 4.64. The molecule has 1 unspecified atom stereocenters. The summed E-state index contributed by atoms with van der Waals surface area (Å²) >= 11 is 0. The van der Waals surface area contributed by atoms with Crippen molar-refractivity contribution >= 4 is 0 Å². The molecule has 9 heavy (non-hydrogen) atoms. The van der Waals surface area contributed by atoms with Crippen LogP contribution in [0.2, 0.25) is 0 Å². The van der Waals surface area contributed by atoms with Crippen LogP contribution in [0.3, 0.4) is 0 Å². The second-order valence-electron chi connectivity index (χ2n) is 2.03. The molecule has 0 amide bonds. The Labute approximate surface area is 53.4 Å². The van der Waals surface area contributed by atoms with E-state index < -0.39 is 6.43 Å². The van der Waals surface area contributed by atoms with Crippen LogP contribution in [0.4, 0.5) is 8.78 Å². The second-order valence-corrected chi connectivity index (χ2v) is 2.03. The Kier molecular flexibility index (Phi) is 4.53. The van der Waals surface area contributed by atoms with Crippen LogP contribution in [0.25, 0.3) is 0 Å². The first-order valence-electron chi connectivity index (χ1n) is 2.87. The van der Waals surface area contributed by atoms with Crippen LogP contribution in [0.5, 0.6) is 0 Å². The Balaban J connectivity index is 2.91. The van der Waals surface area contributed by atoms with Gasteiger partial charge in [-0.25, -0.2) is 8.78 Å². The highest BCUT2D eigenvalue weighted by Gasteiger charge is 2.00. The average molecular weight is 138 g/mol. The van der Waals surface area contributed by atoms with Gasteiger partial charge in [0.1, 0.15) is 0 Å². The van der Waals surface area contributed by atoms with Gasteiger partial charge in [-0.15, -0.1) is 0 Å². The lowest BCUT2D eigenvalue weighted by Gasteiger charge is -2.05. The van der Waals surface area contributed by atoms with Crippen molar-refractivity contribution in [1.82, 2.24) is 5.32 Å². The van der Waals surface area contributed by atoms with Gasteiger partial charge in [0.25, 0.3) is 6.43 Å². The summed E-state index contributed by atoms with van der Waals surface area (Å²) in [4.78, 5) is 0. The first kappa shape index (κ1) is 8.78. The predicted octanol–water partition coefficient (Wildman–Crippen LogP) is 0.188. The molecule has 4 heteroatoms. The molecule has 2 nitrogen and oxygen atoms in total. The minimum Gasteiger partial charge on any atom is -0.327 e. The molecule has 0 aromatic carbocycles. The highest BCUT2D eigenvalue weighted by molar-refractivity contribution is 4.57. The number of hydrogen-bond acceptors (Lipinski definition) is 2. The van der Waals surface area contributed by atoms with Gasteiger partial charge in [-0.1, -0.05) is 0 Å². The molecule has 0 aliphatic heterocycles. The van der Waals surface area contributed by atoms with Crippen LogP contribution in [0, 0.1) is 0 Å². The lowest BCUT2D eigenvalue weighted by Crippen LogP contribution is -2.33. The summed E-state index contributed by atoms with van der Waals surface area (Å²) in [5.41, 5.74) is 5.27. The topological polar surface area (TPSA) is 38.0 Å². The van der Waals surface area contributed by atoms with Gasteiger partial charge >= 0.3 is 0 Å². The molecule has 0 bridgehead atoms. The normalized spacial score (nSPS) is 14.3. The zero-order chi connectivity index (χ0) is 7.28. The predicted molar refractivity (Wildman–Crippen MR) is 32.5 cm³/mol. The van der Waals surface area contributed by atoms with E-state index >= 15 is 0 Å². The van der Waals surface area contributed by atoms with E-state index in [0.29, 0.717) is 6.54 Å². The first-order valence-corrected chi connectivity index (χ1v) is 2.87. The lowest BCUT2D eigenvalue weighted by atomic mass is 10.4. The van der Waals surface area contributed by atoms with Crippen molar-refractivity contribution in [3.05, 3.63) is 0 Å². The number of halogens is 2. The van der Waals surface area contributed by atoms with E-state index in [1.807, 2.05) is 0 Å². The zero-order valence-electron chi connectivity index (χ0n) is 5.40. The van der Waals surface area contributed by atoms with Crippen LogP contribution in [0.1, 0.15) is 6.92 Å². The van der Waals surface area contributed by atoms with Gasteiger partial charge < -0.3 is 11.1 Å². The Hall–Kier alpha value is -0.220. The maximum Gasteiger partial charge on any atom is 0.250 e. The maximum absolute atomic E-state index is 11.4. The molecule has 0 saturated heterocycles. The largest absolute Gasteiger partial charge is 0.327 e. The van der Waals surface area contributed by atoms with E-state index in [9.17, 15) is 8.78 Å². The van der Waals surface area contributed by atoms with Gasteiger partial charge in [0.05, 0.1) is 6.54 Å². The Morgan fingerprint density at radius 2 is 2.00 bits per heavy atom. The SMILES string of the molecule is CC(N)CNCC(F)F. The molecular weight excluding hydrogens is 126 g/mol. The van der Waals surface area contributed by atoms with Crippen LogP contribution in [-0.2, 0) is 0 Å². The van der Waals surface area contributed by atoms with E-state index in [2.05, 4.69) is 5.32 Å². The lowest BCUT2D eigenvalue weighted by molar-refractivity contribution is 0.146. The van der Waals surface area contributed by atoms with Crippen molar-refractivity contribution in [2.45, 2.75) is 19.4 Å². The van der Waals surface area contributed by atoms with Crippen LogP contribution < -0.4 is 11.1 Å². The smallest absolute Gasteiger partial charge is 0.250 e. The highest BCUT2D eigenvalue weighted by Crippen LogP contribution is 1.86. The molecule has 3 N–H and O–H groups in total. The van der Waals surface area contributed by atoms with Gasteiger partial charge in [0.15, 0.2) is 0 Å². The summed E-state index contributed by atoms with van der Waals surface area (Å²) < 4.78 is 22.8. The summed E-state index contributed by atoms with van der Waals surface area (Å²) in [5.74, 6) is 0. The number of alkyl halides is 2. The third-order valence-corrected chi connectivity index (χ3v) is 0.765. The quantitative estimate of drug-likeness (QED) is 0.582. The molecule has 0 rings (SSSR count). The van der Waals surface area contributed by atoms with Gasteiger partial charge in [-0.2, -0.15) is 0 Å². The highest BCUT2D eigenvalue weighted by atomic mass is 19.3. The van der Waals surface area contributed by atoms with E-state index in [1.165, 1.54) is 0 Å². The first-order chi connectivity index (χ1) is 4.13. The fourth-order valence-corrected chi connectivity index (χ4v) is 0.420. The van der Waals surface area contributed by atoms with Crippen molar-refractivity contribution in [2.75, 3.05) is 13.1 Å². The number of nitrogens with one attached hydrogen (secondary N) is 1. The summed E-state index contributed by atoms with van der Waals surface area (Å²) in [6.45, 7) is 1.95. The fourth-order valence-electron chi connectivity index (χ4n) is 0.420. The van der Waals surface area contributed by atoms with Crippen molar-refractivity contribution < 1.29 is 8.78 Å². The van der Waals surface area contributed by atoms with Crippen molar-refractivity contribution in [1.29, 1.82) is 0 Å². The van der Waals surface area contributed by atoms with Crippen LogP contribution >= 0.6 is 0 Å². The monoisotopic (exact) mass is 138 g/mol. The molecule has 0 saturated carbocycles. The minimum atomic E-state index is -2.27. The molecular formula is C5H12F2N2. The molecule has 0 radical (unpaired) electrons. The molecule has 0 aromatic rings. The Bertz CT molecular complexity index is 58.0. The molecule has 0 heterocycles. The summed E-state index contributed by atoms with van der Waals surface area (Å²) in [7, 11) is 0. The molecule has 0 aliphatic rings. The minimum absolute atomic E-state index is 0.0521. The van der Waals surface area contributed by atoms with E-state index in [0.717, 1.165) is 0 Å². The zero-order valence-corrected chi connectivity index (χ0v) is 5.40. The Morgan fingerprint density at radius 1 is 1.44 bits per heavy atom. The Morgan fingerprint density at radius 3 is 2.33 bits per heavy atom. The fraction of sp³-hybridized carbons (Fsp3) is 1.00. The number of nitrogens with two attached hydrogens (primary N) is 1. The van der Waals surface area contributed by atoms with Crippen LogP contribution in [0.15, 0.2) is 0 Å². The molecule has 0 aliphatic carbocycles. The van der Waals surface area contributed by atoms with Crippen molar-refractivity contribution in [2.24, 2.45) is 5.73 Å². The third kappa shape index (κ3) is 7.78. The summed E-state index contributed by atoms with van der Waals surface area (Å²) in [6.07, 6.45) is -2.27. The molecule has 0 spiro atoms. The van der Waals surface area contributed by atoms with Crippen molar-refractivity contribution in [3.63, 3.8) is 0 Å². The summed E-state index contributed by atoms with van der Waals surface area (Å²) in [6, 6.07) is -0.0521. The van der Waals surface area contributed by atoms with Gasteiger partial charge in [0, 0.05) is 12.6 Å². The number of hydrogen-bond donors (Lipinski definition) is 2. The molecule has 1 atom stereocenters. The third-order valence-electron chi connectivity index (χ3n) is 0.765. The van der Waals surface area contributed by atoms with Crippen LogP contribution in [-0.4, -0.2) is 25.6 Å². The number of rotatable bonds is 4. The maximum atomic E-state index is 11.4. The molecule has 56 valence electrons. The molecule has 0 aromatic heterocycles.